The van der Waals surface area contributed by atoms with Gasteiger partial charge in [0.15, 0.2) is 0 Å². The Morgan fingerprint density at radius 2 is 2.00 bits per heavy atom. The first kappa shape index (κ1) is 13.7. The number of rotatable bonds is 5. The standard InChI is InChI=1S/C14H16N2O2S/c1-10-8-19-9-13(10)14(15-2)7-11-3-5-12(6-4-11)16(17)18/h3-6,8-9,14-15H,7H2,1-2H3. The zero-order chi connectivity index (χ0) is 13.8. The van der Waals surface area contributed by atoms with Gasteiger partial charge in [0.1, 0.15) is 0 Å². The normalized spacial score (nSPS) is 12.3. The third-order valence-electron chi connectivity index (χ3n) is 3.21. The highest BCUT2D eigenvalue weighted by Gasteiger charge is 2.14. The van der Waals surface area contributed by atoms with Crippen molar-refractivity contribution in [1.82, 2.24) is 5.32 Å². The molecule has 19 heavy (non-hydrogen) atoms. The van der Waals surface area contributed by atoms with E-state index in [0.29, 0.717) is 0 Å². The summed E-state index contributed by atoms with van der Waals surface area (Å²) in [5.74, 6) is 0. The topological polar surface area (TPSA) is 55.2 Å². The second kappa shape index (κ2) is 5.95. The van der Waals surface area contributed by atoms with Crippen LogP contribution in [0.25, 0.3) is 0 Å². The zero-order valence-electron chi connectivity index (χ0n) is 10.9. The van der Waals surface area contributed by atoms with Crippen LogP contribution in [0, 0.1) is 17.0 Å². The molecule has 1 aromatic carbocycles. The number of nitro groups is 1. The van der Waals surface area contributed by atoms with E-state index in [0.717, 1.165) is 12.0 Å². The molecule has 0 aliphatic rings. The summed E-state index contributed by atoms with van der Waals surface area (Å²) in [7, 11) is 1.94. The predicted molar refractivity (Wildman–Crippen MR) is 77.7 cm³/mol. The lowest BCUT2D eigenvalue weighted by Gasteiger charge is -2.16. The van der Waals surface area contributed by atoms with E-state index in [1.165, 1.54) is 11.1 Å². The molecule has 0 radical (unpaired) electrons. The van der Waals surface area contributed by atoms with Crippen molar-refractivity contribution in [3.05, 3.63) is 61.8 Å². The first-order chi connectivity index (χ1) is 9.11. The van der Waals surface area contributed by atoms with Crippen molar-refractivity contribution >= 4 is 17.0 Å². The minimum Gasteiger partial charge on any atom is -0.313 e. The van der Waals surface area contributed by atoms with Gasteiger partial charge in [0.05, 0.1) is 4.92 Å². The maximum Gasteiger partial charge on any atom is 0.269 e. The highest BCUT2D eigenvalue weighted by molar-refractivity contribution is 7.08. The van der Waals surface area contributed by atoms with Gasteiger partial charge in [-0.15, -0.1) is 0 Å². The van der Waals surface area contributed by atoms with E-state index < -0.39 is 0 Å². The zero-order valence-corrected chi connectivity index (χ0v) is 11.7. The Labute approximate surface area is 116 Å². The highest BCUT2D eigenvalue weighted by atomic mass is 32.1. The summed E-state index contributed by atoms with van der Waals surface area (Å²) >= 11 is 1.70. The van der Waals surface area contributed by atoms with Gasteiger partial charge in [0.25, 0.3) is 5.69 Å². The summed E-state index contributed by atoms with van der Waals surface area (Å²) in [6, 6.07) is 7.01. The fraction of sp³-hybridized carbons (Fsp3) is 0.286. The molecule has 0 saturated heterocycles. The molecule has 0 spiro atoms. The van der Waals surface area contributed by atoms with Gasteiger partial charge >= 0.3 is 0 Å². The van der Waals surface area contributed by atoms with Crippen LogP contribution >= 0.6 is 11.3 Å². The molecule has 2 rings (SSSR count). The molecule has 1 heterocycles. The smallest absolute Gasteiger partial charge is 0.269 e. The van der Waals surface area contributed by atoms with Gasteiger partial charge in [0.2, 0.25) is 0 Å². The Kier molecular flexibility index (Phi) is 4.29. The summed E-state index contributed by atoms with van der Waals surface area (Å²) in [4.78, 5) is 10.2. The molecule has 0 bridgehead atoms. The van der Waals surface area contributed by atoms with Crippen LogP contribution in [0.2, 0.25) is 0 Å². The molecule has 0 amide bonds. The Morgan fingerprint density at radius 1 is 1.32 bits per heavy atom. The van der Waals surface area contributed by atoms with E-state index in [-0.39, 0.29) is 16.7 Å². The number of thiophene rings is 1. The molecule has 5 heteroatoms. The Morgan fingerprint density at radius 3 is 2.47 bits per heavy atom. The number of benzene rings is 1. The van der Waals surface area contributed by atoms with Crippen molar-refractivity contribution in [2.45, 2.75) is 19.4 Å². The maximum absolute atomic E-state index is 10.6. The van der Waals surface area contributed by atoms with Gasteiger partial charge in [-0.3, -0.25) is 10.1 Å². The SMILES string of the molecule is CNC(Cc1ccc([N+](=O)[O-])cc1)c1cscc1C. The number of hydrogen-bond acceptors (Lipinski definition) is 4. The van der Waals surface area contributed by atoms with Gasteiger partial charge in [-0.2, -0.15) is 11.3 Å². The van der Waals surface area contributed by atoms with Crippen molar-refractivity contribution in [2.75, 3.05) is 7.05 Å². The summed E-state index contributed by atoms with van der Waals surface area (Å²) in [6.45, 7) is 2.10. The molecule has 0 fully saturated rings. The Bertz CT molecular complexity index is 563. The van der Waals surface area contributed by atoms with Crippen molar-refractivity contribution in [1.29, 1.82) is 0 Å². The first-order valence-corrected chi connectivity index (χ1v) is 6.99. The summed E-state index contributed by atoms with van der Waals surface area (Å²) in [6.07, 6.45) is 0.825. The van der Waals surface area contributed by atoms with Crippen LogP contribution in [0.4, 0.5) is 5.69 Å². The fourth-order valence-electron chi connectivity index (χ4n) is 2.08. The van der Waals surface area contributed by atoms with Crippen LogP contribution in [-0.2, 0) is 6.42 Å². The Balaban J connectivity index is 2.15. The number of aryl methyl sites for hydroxylation is 1. The van der Waals surface area contributed by atoms with Crippen molar-refractivity contribution < 1.29 is 4.92 Å². The molecule has 1 aromatic heterocycles. The van der Waals surface area contributed by atoms with E-state index >= 15 is 0 Å². The fourth-order valence-corrected chi connectivity index (χ4v) is 2.99. The average Bonchev–Trinajstić information content (AvgIpc) is 2.83. The quantitative estimate of drug-likeness (QED) is 0.672. The second-order valence-corrected chi connectivity index (χ2v) is 5.22. The maximum atomic E-state index is 10.6. The molecule has 1 N–H and O–H groups in total. The van der Waals surface area contributed by atoms with Crippen LogP contribution in [0.3, 0.4) is 0 Å². The summed E-state index contributed by atoms with van der Waals surface area (Å²) in [5.41, 5.74) is 3.81. The third-order valence-corrected chi connectivity index (χ3v) is 4.09. The molecule has 2 aromatic rings. The number of nitro benzene ring substituents is 1. The van der Waals surface area contributed by atoms with E-state index in [1.54, 1.807) is 23.5 Å². The van der Waals surface area contributed by atoms with Gasteiger partial charge in [0, 0.05) is 18.2 Å². The van der Waals surface area contributed by atoms with Gasteiger partial charge in [-0.25, -0.2) is 0 Å². The minimum absolute atomic E-state index is 0.136. The molecule has 0 aliphatic carbocycles. The van der Waals surface area contributed by atoms with Gasteiger partial charge in [-0.1, -0.05) is 12.1 Å². The minimum atomic E-state index is -0.373. The largest absolute Gasteiger partial charge is 0.313 e. The van der Waals surface area contributed by atoms with E-state index in [9.17, 15) is 10.1 Å². The van der Waals surface area contributed by atoms with Crippen LogP contribution in [0.15, 0.2) is 35.0 Å². The molecule has 100 valence electrons. The van der Waals surface area contributed by atoms with E-state index in [4.69, 9.17) is 0 Å². The van der Waals surface area contributed by atoms with Crippen molar-refractivity contribution in [2.24, 2.45) is 0 Å². The number of hydrogen-bond donors (Lipinski definition) is 1. The van der Waals surface area contributed by atoms with Crippen LogP contribution in [0.5, 0.6) is 0 Å². The van der Waals surface area contributed by atoms with Crippen LogP contribution in [0.1, 0.15) is 22.7 Å². The van der Waals surface area contributed by atoms with Crippen LogP contribution in [-0.4, -0.2) is 12.0 Å². The summed E-state index contributed by atoms with van der Waals surface area (Å²) < 4.78 is 0. The predicted octanol–water partition coefficient (Wildman–Crippen LogP) is 3.47. The molecule has 0 saturated carbocycles. The molecule has 4 nitrogen and oxygen atoms in total. The van der Waals surface area contributed by atoms with E-state index in [1.807, 2.05) is 19.2 Å². The monoisotopic (exact) mass is 276 g/mol. The lowest BCUT2D eigenvalue weighted by atomic mass is 9.99. The van der Waals surface area contributed by atoms with Gasteiger partial charge in [-0.05, 0) is 47.8 Å². The van der Waals surface area contributed by atoms with Gasteiger partial charge < -0.3 is 5.32 Å². The average molecular weight is 276 g/mol. The molecule has 1 atom stereocenters. The number of likely N-dealkylation sites (N-methyl/N-ethyl adjacent to an activating group) is 1. The van der Waals surface area contributed by atoms with E-state index in [2.05, 4.69) is 23.0 Å². The molecular formula is C14H16N2O2S. The number of nitrogens with zero attached hydrogens (tertiary/aromatic N) is 1. The molecule has 0 aliphatic heterocycles. The first-order valence-electron chi connectivity index (χ1n) is 6.05. The third kappa shape index (κ3) is 3.19. The number of nitrogens with one attached hydrogen (secondary N) is 1. The number of non-ortho nitro benzene ring substituents is 1. The van der Waals surface area contributed by atoms with Crippen LogP contribution < -0.4 is 5.32 Å². The lowest BCUT2D eigenvalue weighted by molar-refractivity contribution is -0.384. The lowest BCUT2D eigenvalue weighted by Crippen LogP contribution is -2.19. The Hall–Kier alpha value is -1.72. The van der Waals surface area contributed by atoms with Crippen molar-refractivity contribution in [3.8, 4) is 0 Å². The second-order valence-electron chi connectivity index (χ2n) is 4.48. The van der Waals surface area contributed by atoms with Crippen molar-refractivity contribution in [3.63, 3.8) is 0 Å². The molecule has 1 unspecified atom stereocenters. The highest BCUT2D eigenvalue weighted by Crippen LogP contribution is 2.25. The summed E-state index contributed by atoms with van der Waals surface area (Å²) in [5, 5.41) is 18.2. The molecular weight excluding hydrogens is 260 g/mol.